The Kier molecular flexibility index (Phi) is 6.24. The molecule has 28 heavy (non-hydrogen) atoms. The second kappa shape index (κ2) is 9.22. The molecule has 2 atom stereocenters. The quantitative estimate of drug-likeness (QED) is 0.837. The zero-order valence-corrected chi connectivity index (χ0v) is 16.2. The molecule has 0 spiro atoms. The van der Waals surface area contributed by atoms with Crippen LogP contribution in [-0.2, 0) is 22.7 Å². The molecule has 2 aliphatic rings. The third-order valence-corrected chi connectivity index (χ3v) is 5.50. The van der Waals surface area contributed by atoms with Gasteiger partial charge in [-0.25, -0.2) is 0 Å². The minimum atomic E-state index is 0.0691. The molecule has 5 nitrogen and oxygen atoms in total. The standard InChI is InChI=1S/C23H28N2O3/c26-23(16-25-13-14-27-21-11-5-4-9-19(21)15-25)24-20-10-6-12-22(20)28-17-18-7-2-1-3-8-18/h1-5,7-9,11,20,22H,6,10,12-17H2,(H,24,26)/t20-,22-/m1/s1. The maximum Gasteiger partial charge on any atom is 0.234 e. The first-order valence-electron chi connectivity index (χ1n) is 10.2. The predicted molar refractivity (Wildman–Crippen MR) is 108 cm³/mol. The Morgan fingerprint density at radius 2 is 1.93 bits per heavy atom. The zero-order chi connectivity index (χ0) is 19.2. The second-order valence-electron chi connectivity index (χ2n) is 7.61. The summed E-state index contributed by atoms with van der Waals surface area (Å²) in [6, 6.07) is 18.4. The van der Waals surface area contributed by atoms with Crippen LogP contribution in [0.5, 0.6) is 5.75 Å². The Morgan fingerprint density at radius 3 is 2.82 bits per heavy atom. The largest absolute Gasteiger partial charge is 0.492 e. The number of benzene rings is 2. The molecule has 0 bridgehead atoms. The van der Waals surface area contributed by atoms with Crippen molar-refractivity contribution >= 4 is 5.91 Å². The average molecular weight is 380 g/mol. The van der Waals surface area contributed by atoms with Crippen LogP contribution in [-0.4, -0.2) is 42.6 Å². The Hall–Kier alpha value is -2.37. The number of amides is 1. The fourth-order valence-electron chi connectivity index (χ4n) is 4.04. The molecule has 5 heteroatoms. The van der Waals surface area contributed by atoms with Crippen LogP contribution in [0.4, 0.5) is 0 Å². The van der Waals surface area contributed by atoms with E-state index in [-0.39, 0.29) is 18.1 Å². The molecule has 0 radical (unpaired) electrons. The molecular formula is C23H28N2O3. The molecule has 2 aromatic carbocycles. The predicted octanol–water partition coefficient (Wildman–Crippen LogP) is 3.14. The highest BCUT2D eigenvalue weighted by molar-refractivity contribution is 5.78. The van der Waals surface area contributed by atoms with E-state index in [9.17, 15) is 4.79 Å². The highest BCUT2D eigenvalue weighted by atomic mass is 16.5. The molecule has 1 fully saturated rings. The van der Waals surface area contributed by atoms with Gasteiger partial charge in [-0.1, -0.05) is 48.5 Å². The van der Waals surface area contributed by atoms with Gasteiger partial charge in [0.15, 0.2) is 0 Å². The van der Waals surface area contributed by atoms with Crippen LogP contribution in [0.25, 0.3) is 0 Å². The summed E-state index contributed by atoms with van der Waals surface area (Å²) in [6.07, 6.45) is 3.17. The Balaban J connectivity index is 1.28. The fraction of sp³-hybridized carbons (Fsp3) is 0.435. The summed E-state index contributed by atoms with van der Waals surface area (Å²) in [7, 11) is 0. The van der Waals surface area contributed by atoms with Gasteiger partial charge in [-0.05, 0) is 30.9 Å². The van der Waals surface area contributed by atoms with Gasteiger partial charge in [0.05, 0.1) is 25.3 Å². The summed E-state index contributed by atoms with van der Waals surface area (Å²) in [5.41, 5.74) is 2.31. The van der Waals surface area contributed by atoms with Gasteiger partial charge in [-0.2, -0.15) is 0 Å². The lowest BCUT2D eigenvalue weighted by atomic mass is 10.2. The maximum atomic E-state index is 12.7. The molecule has 1 aliphatic carbocycles. The van der Waals surface area contributed by atoms with Crippen LogP contribution in [0.15, 0.2) is 54.6 Å². The Morgan fingerprint density at radius 1 is 1.11 bits per heavy atom. The number of hydrogen-bond donors (Lipinski definition) is 1. The molecule has 2 aromatic rings. The number of nitrogens with zero attached hydrogens (tertiary/aromatic N) is 1. The van der Waals surface area contributed by atoms with E-state index in [0.29, 0.717) is 19.8 Å². The minimum Gasteiger partial charge on any atom is -0.492 e. The van der Waals surface area contributed by atoms with Crippen molar-refractivity contribution in [1.29, 1.82) is 0 Å². The summed E-state index contributed by atoms with van der Waals surface area (Å²) in [6.45, 7) is 3.08. The lowest BCUT2D eigenvalue weighted by Gasteiger charge is -2.24. The van der Waals surface area contributed by atoms with Crippen molar-refractivity contribution < 1.29 is 14.3 Å². The van der Waals surface area contributed by atoms with E-state index in [1.54, 1.807) is 0 Å². The third-order valence-electron chi connectivity index (χ3n) is 5.50. The van der Waals surface area contributed by atoms with Gasteiger partial charge in [0.1, 0.15) is 12.4 Å². The Labute approximate surface area is 166 Å². The van der Waals surface area contributed by atoms with Gasteiger partial charge in [0, 0.05) is 18.7 Å². The van der Waals surface area contributed by atoms with Crippen molar-refractivity contribution in [3.63, 3.8) is 0 Å². The van der Waals surface area contributed by atoms with Crippen LogP contribution >= 0.6 is 0 Å². The van der Waals surface area contributed by atoms with Crippen molar-refractivity contribution in [3.05, 3.63) is 65.7 Å². The molecule has 148 valence electrons. The highest BCUT2D eigenvalue weighted by Gasteiger charge is 2.30. The first kappa shape index (κ1) is 19.0. The molecular weight excluding hydrogens is 352 g/mol. The van der Waals surface area contributed by atoms with Crippen LogP contribution in [0.2, 0.25) is 0 Å². The number of para-hydroxylation sites is 1. The fourth-order valence-corrected chi connectivity index (χ4v) is 4.04. The minimum absolute atomic E-state index is 0.0691. The SMILES string of the molecule is O=C(CN1CCOc2ccccc2C1)N[C@@H]1CCC[C@H]1OCc1ccccc1. The lowest BCUT2D eigenvalue weighted by Crippen LogP contribution is -2.45. The number of fused-ring (bicyclic) bond motifs is 1. The maximum absolute atomic E-state index is 12.7. The second-order valence-corrected chi connectivity index (χ2v) is 7.61. The number of carbonyl (C=O) groups excluding carboxylic acids is 1. The van der Waals surface area contributed by atoms with Crippen molar-refractivity contribution in [2.75, 3.05) is 19.7 Å². The third kappa shape index (κ3) is 4.91. The number of hydrogen-bond acceptors (Lipinski definition) is 4. The molecule has 0 saturated heterocycles. The molecule has 1 aliphatic heterocycles. The van der Waals surface area contributed by atoms with Crippen molar-refractivity contribution in [3.8, 4) is 5.75 Å². The van der Waals surface area contributed by atoms with Gasteiger partial charge < -0.3 is 14.8 Å². The highest BCUT2D eigenvalue weighted by Crippen LogP contribution is 2.24. The van der Waals surface area contributed by atoms with E-state index < -0.39 is 0 Å². The van der Waals surface area contributed by atoms with Gasteiger partial charge in [-0.15, -0.1) is 0 Å². The van der Waals surface area contributed by atoms with E-state index in [1.807, 2.05) is 36.4 Å². The molecule has 0 unspecified atom stereocenters. The first-order valence-corrected chi connectivity index (χ1v) is 10.2. The van der Waals surface area contributed by atoms with E-state index in [2.05, 4.69) is 28.4 Å². The van der Waals surface area contributed by atoms with Crippen LogP contribution in [0.1, 0.15) is 30.4 Å². The Bertz CT molecular complexity index is 780. The summed E-state index contributed by atoms with van der Waals surface area (Å²) in [4.78, 5) is 14.8. The summed E-state index contributed by atoms with van der Waals surface area (Å²) in [5.74, 6) is 0.996. The smallest absolute Gasteiger partial charge is 0.234 e. The molecule has 1 N–H and O–H groups in total. The average Bonchev–Trinajstić information content (AvgIpc) is 3.04. The number of nitrogens with one attached hydrogen (secondary N) is 1. The van der Waals surface area contributed by atoms with Crippen molar-refractivity contribution in [2.24, 2.45) is 0 Å². The number of ether oxygens (including phenoxy) is 2. The summed E-state index contributed by atoms with van der Waals surface area (Å²) < 4.78 is 11.9. The molecule has 0 aromatic heterocycles. The van der Waals surface area contributed by atoms with Crippen LogP contribution in [0.3, 0.4) is 0 Å². The molecule has 1 saturated carbocycles. The van der Waals surface area contributed by atoms with Crippen LogP contribution in [0, 0.1) is 0 Å². The van der Waals surface area contributed by atoms with E-state index in [1.165, 1.54) is 5.56 Å². The van der Waals surface area contributed by atoms with Crippen LogP contribution < -0.4 is 10.1 Å². The molecule has 1 amide bonds. The monoisotopic (exact) mass is 380 g/mol. The first-order chi connectivity index (χ1) is 13.8. The van der Waals surface area contributed by atoms with Crippen molar-refractivity contribution in [1.82, 2.24) is 10.2 Å². The lowest BCUT2D eigenvalue weighted by molar-refractivity contribution is -0.124. The van der Waals surface area contributed by atoms with Crippen molar-refractivity contribution in [2.45, 2.75) is 44.6 Å². The zero-order valence-electron chi connectivity index (χ0n) is 16.2. The van der Waals surface area contributed by atoms with Gasteiger partial charge in [0.2, 0.25) is 5.91 Å². The van der Waals surface area contributed by atoms with E-state index >= 15 is 0 Å². The normalized spacial score (nSPS) is 22.1. The summed E-state index contributed by atoms with van der Waals surface area (Å²) in [5, 5.41) is 3.21. The van der Waals surface area contributed by atoms with E-state index in [4.69, 9.17) is 9.47 Å². The molecule has 4 rings (SSSR count). The molecule has 1 heterocycles. The van der Waals surface area contributed by atoms with Gasteiger partial charge >= 0.3 is 0 Å². The number of rotatable bonds is 6. The van der Waals surface area contributed by atoms with Gasteiger partial charge in [-0.3, -0.25) is 9.69 Å². The van der Waals surface area contributed by atoms with E-state index in [0.717, 1.165) is 43.7 Å². The summed E-state index contributed by atoms with van der Waals surface area (Å²) >= 11 is 0. The van der Waals surface area contributed by atoms with Gasteiger partial charge in [0.25, 0.3) is 0 Å². The topological polar surface area (TPSA) is 50.8 Å². The number of carbonyl (C=O) groups is 1.